The Kier molecular flexibility index (Phi) is 5.00. The molecule has 0 saturated heterocycles. The van der Waals surface area contributed by atoms with Crippen molar-refractivity contribution >= 4 is 5.71 Å². The van der Waals surface area contributed by atoms with Crippen LogP contribution in [0.25, 0.3) is 0 Å². The second-order valence-corrected chi connectivity index (χ2v) is 7.78. The molecule has 0 radical (unpaired) electrons. The van der Waals surface area contributed by atoms with Gasteiger partial charge >= 0.3 is 0 Å². The topological polar surface area (TPSA) is 63.5 Å². The van der Waals surface area contributed by atoms with Crippen molar-refractivity contribution in [3.63, 3.8) is 0 Å². The second kappa shape index (κ2) is 7.43. The van der Waals surface area contributed by atoms with Crippen molar-refractivity contribution in [2.45, 2.75) is 45.1 Å². The van der Waals surface area contributed by atoms with Crippen LogP contribution in [0.3, 0.4) is 0 Å². The number of allylic oxidation sites excluding steroid dienone is 2. The lowest BCUT2D eigenvalue weighted by Gasteiger charge is -2.37. The average Bonchev–Trinajstić information content (AvgIpc) is 3.15. The lowest BCUT2D eigenvalue weighted by atomic mass is 9.81. The first kappa shape index (κ1) is 18.2. The highest BCUT2D eigenvalue weighted by molar-refractivity contribution is 5.87. The van der Waals surface area contributed by atoms with Crippen molar-refractivity contribution in [3.05, 3.63) is 28.8 Å². The molecule has 0 spiro atoms. The normalized spacial score (nSPS) is 25.1. The number of fused-ring (bicyclic) bond motifs is 2. The lowest BCUT2D eigenvalue weighted by Crippen LogP contribution is -2.35. The third-order valence-electron chi connectivity index (χ3n) is 6.19. The molecule has 6 heteroatoms. The van der Waals surface area contributed by atoms with Crippen LogP contribution in [0.5, 0.6) is 17.2 Å². The number of nitrogens with zero attached hydrogens (tertiary/aromatic N) is 2. The van der Waals surface area contributed by atoms with Gasteiger partial charge in [0.25, 0.3) is 0 Å². The standard InChI is InChI=1S/C21H28N2O4/c1-13-4-6-14(7-5-13)16(22-24)11-17-19-15(8-9-23(17)2)10-18-20(21(19)25-3)27-12-26-18/h4,10,14,17,24H,5-9,11-12H2,1-3H3. The maximum atomic E-state index is 9.76. The van der Waals surface area contributed by atoms with E-state index in [0.717, 1.165) is 55.0 Å². The Morgan fingerprint density at radius 2 is 2.22 bits per heavy atom. The van der Waals surface area contributed by atoms with E-state index in [1.54, 1.807) is 7.11 Å². The molecule has 2 aliphatic heterocycles. The van der Waals surface area contributed by atoms with Crippen LogP contribution in [0, 0.1) is 5.92 Å². The van der Waals surface area contributed by atoms with Crippen molar-refractivity contribution in [1.29, 1.82) is 0 Å². The summed E-state index contributed by atoms with van der Waals surface area (Å²) < 4.78 is 17.0. The number of rotatable bonds is 4. The van der Waals surface area contributed by atoms with E-state index in [4.69, 9.17) is 14.2 Å². The third-order valence-corrected chi connectivity index (χ3v) is 6.19. The minimum atomic E-state index is 0.0936. The minimum absolute atomic E-state index is 0.0936. The molecule has 0 saturated carbocycles. The van der Waals surface area contributed by atoms with E-state index in [-0.39, 0.29) is 12.8 Å². The summed E-state index contributed by atoms with van der Waals surface area (Å²) >= 11 is 0. The van der Waals surface area contributed by atoms with E-state index < -0.39 is 0 Å². The van der Waals surface area contributed by atoms with Gasteiger partial charge in [0.15, 0.2) is 11.5 Å². The number of likely N-dealkylation sites (N-methyl/N-ethyl adjacent to an activating group) is 1. The van der Waals surface area contributed by atoms with Gasteiger partial charge in [-0.25, -0.2) is 0 Å². The molecule has 0 aromatic heterocycles. The molecule has 1 aliphatic carbocycles. The largest absolute Gasteiger partial charge is 0.492 e. The number of ether oxygens (including phenoxy) is 3. The molecule has 27 heavy (non-hydrogen) atoms. The van der Waals surface area contributed by atoms with E-state index in [1.165, 1.54) is 11.1 Å². The molecule has 1 aromatic rings. The maximum Gasteiger partial charge on any atom is 0.231 e. The number of methoxy groups -OCH3 is 1. The monoisotopic (exact) mass is 372 g/mol. The van der Waals surface area contributed by atoms with E-state index >= 15 is 0 Å². The highest BCUT2D eigenvalue weighted by atomic mass is 16.7. The van der Waals surface area contributed by atoms with Crippen molar-refractivity contribution in [2.24, 2.45) is 11.1 Å². The summed E-state index contributed by atoms with van der Waals surface area (Å²) in [5.74, 6) is 2.51. The fraction of sp³-hybridized carbons (Fsp3) is 0.571. The lowest BCUT2D eigenvalue weighted by molar-refractivity contribution is 0.170. The van der Waals surface area contributed by atoms with Crippen molar-refractivity contribution in [3.8, 4) is 17.2 Å². The average molecular weight is 372 g/mol. The smallest absolute Gasteiger partial charge is 0.231 e. The van der Waals surface area contributed by atoms with E-state index in [9.17, 15) is 5.21 Å². The molecule has 2 heterocycles. The Hall–Kier alpha value is -2.21. The zero-order valence-corrected chi connectivity index (χ0v) is 16.3. The molecule has 1 aromatic carbocycles. The molecule has 6 nitrogen and oxygen atoms in total. The summed E-state index contributed by atoms with van der Waals surface area (Å²) in [6.07, 6.45) is 6.97. The summed E-state index contributed by atoms with van der Waals surface area (Å²) in [7, 11) is 3.80. The number of hydrogen-bond acceptors (Lipinski definition) is 6. The molecule has 0 fully saturated rings. The summed E-state index contributed by atoms with van der Waals surface area (Å²) in [5, 5.41) is 13.5. The van der Waals surface area contributed by atoms with Gasteiger partial charge in [0.05, 0.1) is 12.8 Å². The predicted molar refractivity (Wildman–Crippen MR) is 103 cm³/mol. The molecule has 146 valence electrons. The highest BCUT2D eigenvalue weighted by Crippen LogP contribution is 2.50. The molecule has 2 unspecified atom stereocenters. The Morgan fingerprint density at radius 1 is 1.37 bits per heavy atom. The first-order chi connectivity index (χ1) is 13.1. The van der Waals surface area contributed by atoms with Gasteiger partial charge in [-0.3, -0.25) is 4.90 Å². The van der Waals surface area contributed by atoms with Gasteiger partial charge in [-0.2, -0.15) is 0 Å². The zero-order chi connectivity index (χ0) is 19.0. The predicted octanol–water partition coefficient (Wildman–Crippen LogP) is 3.92. The summed E-state index contributed by atoms with van der Waals surface area (Å²) in [6.45, 7) is 3.35. The van der Waals surface area contributed by atoms with Gasteiger partial charge in [-0.05, 0) is 51.3 Å². The Balaban J connectivity index is 1.68. The van der Waals surface area contributed by atoms with Gasteiger partial charge in [-0.15, -0.1) is 0 Å². The van der Waals surface area contributed by atoms with Crippen LogP contribution in [0.15, 0.2) is 22.9 Å². The van der Waals surface area contributed by atoms with Crippen LogP contribution in [0.1, 0.15) is 49.8 Å². The Bertz CT molecular complexity index is 787. The van der Waals surface area contributed by atoms with Crippen LogP contribution in [-0.2, 0) is 6.42 Å². The van der Waals surface area contributed by atoms with Gasteiger partial charge in [0.2, 0.25) is 12.5 Å². The van der Waals surface area contributed by atoms with E-state index in [1.807, 2.05) is 0 Å². The van der Waals surface area contributed by atoms with Crippen LogP contribution in [0.2, 0.25) is 0 Å². The molecule has 4 rings (SSSR count). The molecule has 2 atom stereocenters. The van der Waals surface area contributed by atoms with Crippen LogP contribution >= 0.6 is 0 Å². The first-order valence-corrected chi connectivity index (χ1v) is 9.68. The summed E-state index contributed by atoms with van der Waals surface area (Å²) in [4.78, 5) is 2.32. The van der Waals surface area contributed by atoms with Gasteiger partial charge in [0.1, 0.15) is 0 Å². The zero-order valence-electron chi connectivity index (χ0n) is 16.3. The highest BCUT2D eigenvalue weighted by Gasteiger charge is 2.35. The first-order valence-electron chi connectivity index (χ1n) is 9.68. The van der Waals surface area contributed by atoms with E-state index in [2.05, 4.69) is 36.2 Å². The molecular weight excluding hydrogens is 344 g/mol. The number of hydrogen-bond donors (Lipinski definition) is 1. The summed E-state index contributed by atoms with van der Waals surface area (Å²) in [6, 6.07) is 2.18. The number of benzene rings is 1. The third kappa shape index (κ3) is 3.27. The fourth-order valence-corrected chi connectivity index (χ4v) is 4.54. The Morgan fingerprint density at radius 3 is 2.93 bits per heavy atom. The molecular formula is C21H28N2O4. The minimum Gasteiger partial charge on any atom is -0.492 e. The molecule has 0 bridgehead atoms. The second-order valence-electron chi connectivity index (χ2n) is 7.78. The van der Waals surface area contributed by atoms with Crippen molar-refractivity contribution in [1.82, 2.24) is 4.90 Å². The van der Waals surface area contributed by atoms with Crippen molar-refractivity contribution in [2.75, 3.05) is 27.5 Å². The van der Waals surface area contributed by atoms with Gasteiger partial charge < -0.3 is 19.4 Å². The SMILES string of the molecule is COc1c2c(cc3c1C(CC(=NO)C1CC=C(C)CC1)N(C)CC3)OCO2. The summed E-state index contributed by atoms with van der Waals surface area (Å²) in [5.41, 5.74) is 4.68. The Labute approximate surface area is 160 Å². The maximum absolute atomic E-state index is 9.76. The van der Waals surface area contributed by atoms with E-state index in [0.29, 0.717) is 18.1 Å². The van der Waals surface area contributed by atoms with Crippen LogP contribution in [0.4, 0.5) is 0 Å². The molecule has 0 amide bonds. The quantitative estimate of drug-likeness (QED) is 0.376. The van der Waals surface area contributed by atoms with Gasteiger partial charge in [-0.1, -0.05) is 16.8 Å². The van der Waals surface area contributed by atoms with Crippen molar-refractivity contribution < 1.29 is 19.4 Å². The van der Waals surface area contributed by atoms with Crippen LogP contribution in [-0.4, -0.2) is 43.3 Å². The molecule has 3 aliphatic rings. The van der Waals surface area contributed by atoms with Crippen LogP contribution < -0.4 is 14.2 Å². The van der Waals surface area contributed by atoms with Gasteiger partial charge in [0, 0.05) is 30.5 Å². The molecule has 1 N–H and O–H groups in total. The number of oxime groups is 1. The fourth-order valence-electron chi connectivity index (χ4n) is 4.54.